The van der Waals surface area contributed by atoms with E-state index in [1.807, 2.05) is 13.0 Å². The van der Waals surface area contributed by atoms with Crippen molar-refractivity contribution in [2.24, 2.45) is 5.92 Å². The summed E-state index contributed by atoms with van der Waals surface area (Å²) in [7, 11) is 0. The third-order valence-corrected chi connectivity index (χ3v) is 4.18. The zero-order valence-electron chi connectivity index (χ0n) is 10.7. The van der Waals surface area contributed by atoms with Gasteiger partial charge in [0.05, 0.1) is 10.4 Å². The first-order valence-electron chi connectivity index (χ1n) is 5.92. The van der Waals surface area contributed by atoms with E-state index in [0.29, 0.717) is 18.4 Å². The number of halogens is 1. The fraction of sp³-hybridized carbons (Fsp3) is 0.615. The predicted molar refractivity (Wildman–Crippen MR) is 75.8 cm³/mol. The van der Waals surface area contributed by atoms with Gasteiger partial charge in [0.15, 0.2) is 0 Å². The Morgan fingerprint density at radius 2 is 2.12 bits per heavy atom. The van der Waals surface area contributed by atoms with Crippen LogP contribution in [0.15, 0.2) is 9.85 Å². The largest absolute Gasteiger partial charge is 0.462 e. The summed E-state index contributed by atoms with van der Waals surface area (Å²) in [5.41, 5.74) is 1.11. The normalized spacial score (nSPS) is 12.8. The van der Waals surface area contributed by atoms with E-state index >= 15 is 0 Å². The molecule has 0 fully saturated rings. The molecule has 0 aliphatic heterocycles. The van der Waals surface area contributed by atoms with Crippen LogP contribution in [0.5, 0.6) is 0 Å². The SMILES string of the molecule is CCOC(=O)c1sc(Br)cc1C(C)CC(C)C. The molecule has 0 bridgehead atoms. The molecule has 0 amide bonds. The van der Waals surface area contributed by atoms with Crippen molar-refractivity contribution in [2.75, 3.05) is 6.61 Å². The van der Waals surface area contributed by atoms with Crippen molar-refractivity contribution in [3.63, 3.8) is 0 Å². The second-order valence-corrected chi connectivity index (χ2v) is 7.02. The molecular weight excluding hydrogens is 300 g/mol. The van der Waals surface area contributed by atoms with E-state index in [1.54, 1.807) is 0 Å². The van der Waals surface area contributed by atoms with Crippen LogP contribution in [0.25, 0.3) is 0 Å². The molecule has 2 nitrogen and oxygen atoms in total. The number of ether oxygens (including phenoxy) is 1. The van der Waals surface area contributed by atoms with E-state index in [4.69, 9.17) is 4.74 Å². The first-order valence-corrected chi connectivity index (χ1v) is 7.53. The Labute approximate surface area is 115 Å². The molecule has 0 aliphatic carbocycles. The van der Waals surface area contributed by atoms with Crippen LogP contribution in [0.1, 0.15) is 55.3 Å². The number of carbonyl (C=O) groups excluding carboxylic acids is 1. The molecule has 1 unspecified atom stereocenters. The van der Waals surface area contributed by atoms with Gasteiger partial charge in [0, 0.05) is 0 Å². The lowest BCUT2D eigenvalue weighted by molar-refractivity contribution is 0.0530. The summed E-state index contributed by atoms with van der Waals surface area (Å²) in [5.74, 6) is 0.810. The Bertz CT molecular complexity index is 385. The van der Waals surface area contributed by atoms with E-state index in [1.165, 1.54) is 11.3 Å². The van der Waals surface area contributed by atoms with Crippen LogP contribution in [-0.2, 0) is 4.74 Å². The summed E-state index contributed by atoms with van der Waals surface area (Å²) in [6, 6.07) is 2.05. The molecule has 1 rings (SSSR count). The Balaban J connectivity index is 2.94. The molecule has 1 heterocycles. The van der Waals surface area contributed by atoms with E-state index in [0.717, 1.165) is 20.6 Å². The second kappa shape index (κ2) is 6.55. The van der Waals surface area contributed by atoms with Gasteiger partial charge in [0.1, 0.15) is 4.88 Å². The Morgan fingerprint density at radius 1 is 1.47 bits per heavy atom. The number of rotatable bonds is 5. The molecule has 0 aromatic carbocycles. The Morgan fingerprint density at radius 3 is 2.65 bits per heavy atom. The summed E-state index contributed by atoms with van der Waals surface area (Å²) >= 11 is 4.91. The number of thiophene rings is 1. The van der Waals surface area contributed by atoms with Crippen LogP contribution < -0.4 is 0 Å². The molecule has 0 spiro atoms. The zero-order valence-corrected chi connectivity index (χ0v) is 13.2. The van der Waals surface area contributed by atoms with Gasteiger partial charge >= 0.3 is 5.97 Å². The van der Waals surface area contributed by atoms with E-state index < -0.39 is 0 Å². The molecular formula is C13H19BrO2S. The molecule has 96 valence electrons. The lowest BCUT2D eigenvalue weighted by atomic mass is 9.92. The van der Waals surface area contributed by atoms with Gasteiger partial charge in [0.25, 0.3) is 0 Å². The number of carbonyl (C=O) groups is 1. The Kier molecular flexibility index (Phi) is 5.67. The van der Waals surface area contributed by atoms with E-state index in [-0.39, 0.29) is 5.97 Å². The van der Waals surface area contributed by atoms with Crippen LogP contribution in [0, 0.1) is 5.92 Å². The molecule has 0 aliphatic rings. The average molecular weight is 319 g/mol. The van der Waals surface area contributed by atoms with Gasteiger partial charge in [-0.1, -0.05) is 20.8 Å². The minimum absolute atomic E-state index is 0.200. The quantitative estimate of drug-likeness (QED) is 0.726. The van der Waals surface area contributed by atoms with Gasteiger partial charge < -0.3 is 4.74 Å². The van der Waals surface area contributed by atoms with Crippen molar-refractivity contribution >= 4 is 33.2 Å². The fourth-order valence-corrected chi connectivity index (χ4v) is 3.56. The second-order valence-electron chi connectivity index (χ2n) is 4.59. The standard InChI is InChI=1S/C13H19BrO2S/c1-5-16-13(15)12-10(7-11(14)17-12)9(4)6-8(2)3/h7-9H,5-6H2,1-4H3. The van der Waals surface area contributed by atoms with Crippen LogP contribution in [0.4, 0.5) is 0 Å². The van der Waals surface area contributed by atoms with E-state index in [2.05, 4.69) is 36.7 Å². The highest BCUT2D eigenvalue weighted by Crippen LogP contribution is 2.35. The molecule has 1 aromatic rings. The minimum atomic E-state index is -0.200. The third-order valence-electron chi connectivity index (χ3n) is 2.55. The first-order chi connectivity index (χ1) is 7.95. The van der Waals surface area contributed by atoms with Gasteiger partial charge in [-0.25, -0.2) is 4.79 Å². The smallest absolute Gasteiger partial charge is 0.348 e. The number of hydrogen-bond donors (Lipinski definition) is 0. The molecule has 1 atom stereocenters. The monoisotopic (exact) mass is 318 g/mol. The summed E-state index contributed by atoms with van der Waals surface area (Å²) in [6.07, 6.45) is 1.08. The highest BCUT2D eigenvalue weighted by molar-refractivity contribution is 9.11. The van der Waals surface area contributed by atoms with Gasteiger partial charge in [0.2, 0.25) is 0 Å². The van der Waals surface area contributed by atoms with Crippen molar-refractivity contribution in [1.82, 2.24) is 0 Å². The summed E-state index contributed by atoms with van der Waals surface area (Å²) < 4.78 is 6.08. The van der Waals surface area contributed by atoms with Crippen molar-refractivity contribution in [3.8, 4) is 0 Å². The maximum atomic E-state index is 11.8. The van der Waals surface area contributed by atoms with Crippen LogP contribution >= 0.6 is 27.3 Å². The van der Waals surface area contributed by atoms with Crippen molar-refractivity contribution in [3.05, 3.63) is 20.3 Å². The lowest BCUT2D eigenvalue weighted by Gasteiger charge is -2.14. The molecule has 17 heavy (non-hydrogen) atoms. The summed E-state index contributed by atoms with van der Waals surface area (Å²) in [5, 5.41) is 0. The molecule has 0 radical (unpaired) electrons. The molecule has 0 saturated carbocycles. The topological polar surface area (TPSA) is 26.3 Å². The third kappa shape index (κ3) is 4.11. The van der Waals surface area contributed by atoms with Crippen LogP contribution in [0.3, 0.4) is 0 Å². The highest BCUT2D eigenvalue weighted by atomic mass is 79.9. The fourth-order valence-electron chi connectivity index (χ4n) is 1.93. The lowest BCUT2D eigenvalue weighted by Crippen LogP contribution is -2.07. The predicted octanol–water partition coefficient (Wildman–Crippen LogP) is 4.84. The van der Waals surface area contributed by atoms with Gasteiger partial charge in [-0.3, -0.25) is 0 Å². The number of hydrogen-bond acceptors (Lipinski definition) is 3. The van der Waals surface area contributed by atoms with Crippen molar-refractivity contribution < 1.29 is 9.53 Å². The van der Waals surface area contributed by atoms with Gasteiger partial charge in [-0.15, -0.1) is 11.3 Å². The molecule has 0 N–H and O–H groups in total. The van der Waals surface area contributed by atoms with Gasteiger partial charge in [-0.05, 0) is 52.7 Å². The zero-order chi connectivity index (χ0) is 13.0. The Hall–Kier alpha value is -0.350. The van der Waals surface area contributed by atoms with Gasteiger partial charge in [-0.2, -0.15) is 0 Å². The van der Waals surface area contributed by atoms with Crippen molar-refractivity contribution in [1.29, 1.82) is 0 Å². The number of esters is 1. The highest BCUT2D eigenvalue weighted by Gasteiger charge is 2.21. The minimum Gasteiger partial charge on any atom is -0.462 e. The average Bonchev–Trinajstić information content (AvgIpc) is 2.60. The van der Waals surface area contributed by atoms with E-state index in [9.17, 15) is 4.79 Å². The molecule has 4 heteroatoms. The van der Waals surface area contributed by atoms with Crippen molar-refractivity contribution in [2.45, 2.75) is 40.0 Å². The summed E-state index contributed by atoms with van der Waals surface area (Å²) in [4.78, 5) is 12.6. The maximum absolute atomic E-state index is 11.8. The first kappa shape index (κ1) is 14.7. The maximum Gasteiger partial charge on any atom is 0.348 e. The van der Waals surface area contributed by atoms with Crippen LogP contribution in [-0.4, -0.2) is 12.6 Å². The van der Waals surface area contributed by atoms with Crippen LogP contribution in [0.2, 0.25) is 0 Å². The molecule has 0 saturated heterocycles. The molecule has 1 aromatic heterocycles. The summed E-state index contributed by atoms with van der Waals surface area (Å²) in [6.45, 7) is 8.81.